The van der Waals surface area contributed by atoms with Gasteiger partial charge in [-0.3, -0.25) is 0 Å². The smallest absolute Gasteiger partial charge is 0.244 e. The van der Waals surface area contributed by atoms with Crippen LogP contribution < -0.4 is 14.8 Å². The average molecular weight is 319 g/mol. The highest BCUT2D eigenvalue weighted by Crippen LogP contribution is 2.26. The van der Waals surface area contributed by atoms with Crippen LogP contribution in [-0.4, -0.2) is 34.7 Å². The predicted molar refractivity (Wildman–Crippen MR) is 78.8 cm³/mol. The van der Waals surface area contributed by atoms with Gasteiger partial charge in [0.1, 0.15) is 10.6 Å². The summed E-state index contributed by atoms with van der Waals surface area (Å²) in [5, 5.41) is 3.77. The molecule has 0 aliphatic heterocycles. The topological polar surface area (TPSA) is 67.4 Å². The Morgan fingerprint density at radius 3 is 2.75 bits per heavy atom. The van der Waals surface area contributed by atoms with Crippen LogP contribution in [0.25, 0.3) is 0 Å². The Hall–Kier alpha value is -0.820. The minimum Gasteiger partial charge on any atom is -0.495 e. The number of benzene rings is 1. The Kier molecular flexibility index (Phi) is 5.26. The lowest BCUT2D eigenvalue weighted by molar-refractivity contribution is 0.402. The number of ether oxygens (including phenoxy) is 1. The molecule has 1 saturated carbocycles. The highest BCUT2D eigenvalue weighted by molar-refractivity contribution is 7.89. The van der Waals surface area contributed by atoms with Crippen molar-refractivity contribution < 1.29 is 13.2 Å². The number of hydrogen-bond donors (Lipinski definition) is 2. The van der Waals surface area contributed by atoms with Gasteiger partial charge in [0.05, 0.1) is 7.11 Å². The van der Waals surface area contributed by atoms with Crippen molar-refractivity contribution in [3.05, 3.63) is 23.2 Å². The first-order chi connectivity index (χ1) is 9.53. The van der Waals surface area contributed by atoms with E-state index in [1.807, 2.05) is 0 Å². The van der Waals surface area contributed by atoms with Crippen LogP contribution in [0, 0.1) is 0 Å². The fourth-order valence-corrected chi connectivity index (χ4v) is 3.21. The zero-order valence-electron chi connectivity index (χ0n) is 11.4. The summed E-state index contributed by atoms with van der Waals surface area (Å²) < 4.78 is 32.0. The fourth-order valence-electron chi connectivity index (χ4n) is 1.83. The summed E-state index contributed by atoms with van der Waals surface area (Å²) >= 11 is 5.82. The lowest BCUT2D eigenvalue weighted by atomic mass is 10.3. The molecule has 0 aromatic heterocycles. The summed E-state index contributed by atoms with van der Waals surface area (Å²) in [4.78, 5) is 0.111. The molecule has 5 nitrogen and oxygen atoms in total. The van der Waals surface area contributed by atoms with E-state index in [0.717, 1.165) is 13.0 Å². The zero-order valence-corrected chi connectivity index (χ0v) is 12.9. The predicted octanol–water partition coefficient (Wildman–Crippen LogP) is 1.77. The Labute approximate surface area is 124 Å². The zero-order chi connectivity index (χ0) is 14.6. The number of methoxy groups -OCH3 is 1. The molecule has 1 aromatic carbocycles. The molecule has 0 amide bonds. The van der Waals surface area contributed by atoms with Gasteiger partial charge < -0.3 is 10.1 Å². The van der Waals surface area contributed by atoms with Gasteiger partial charge in [-0.05, 0) is 37.9 Å². The number of hydrogen-bond acceptors (Lipinski definition) is 4. The summed E-state index contributed by atoms with van der Waals surface area (Å²) in [6.45, 7) is 1.22. The third-order valence-electron chi connectivity index (χ3n) is 3.07. The van der Waals surface area contributed by atoms with Gasteiger partial charge in [0.2, 0.25) is 10.0 Å². The monoisotopic (exact) mass is 318 g/mol. The van der Waals surface area contributed by atoms with Crippen molar-refractivity contribution >= 4 is 21.6 Å². The molecule has 0 radical (unpaired) electrons. The molecule has 112 valence electrons. The molecular formula is C13H19ClN2O3S. The fraction of sp³-hybridized carbons (Fsp3) is 0.538. The summed E-state index contributed by atoms with van der Waals surface area (Å²) in [6, 6.07) is 5.12. The molecule has 1 aliphatic carbocycles. The van der Waals surface area contributed by atoms with Gasteiger partial charge in [0, 0.05) is 23.7 Å². The Bertz CT molecular complexity index is 559. The van der Waals surface area contributed by atoms with Crippen molar-refractivity contribution in [2.45, 2.75) is 30.2 Å². The largest absolute Gasteiger partial charge is 0.495 e. The molecule has 20 heavy (non-hydrogen) atoms. The van der Waals surface area contributed by atoms with Crippen LogP contribution in [0.2, 0.25) is 5.02 Å². The maximum atomic E-state index is 12.2. The van der Waals surface area contributed by atoms with Crippen LogP contribution >= 0.6 is 11.6 Å². The van der Waals surface area contributed by atoms with Gasteiger partial charge in [-0.2, -0.15) is 0 Å². The van der Waals surface area contributed by atoms with Crippen molar-refractivity contribution in [1.29, 1.82) is 0 Å². The second-order valence-electron chi connectivity index (χ2n) is 4.77. The molecular weight excluding hydrogens is 300 g/mol. The maximum Gasteiger partial charge on any atom is 0.244 e. The van der Waals surface area contributed by atoms with E-state index in [1.54, 1.807) is 0 Å². The lowest BCUT2D eigenvalue weighted by Crippen LogP contribution is -2.28. The Morgan fingerprint density at radius 2 is 2.10 bits per heavy atom. The van der Waals surface area contributed by atoms with Crippen molar-refractivity contribution in [2.75, 3.05) is 20.2 Å². The molecule has 0 heterocycles. The molecule has 7 heteroatoms. The van der Waals surface area contributed by atoms with Crippen molar-refractivity contribution in [3.8, 4) is 5.75 Å². The van der Waals surface area contributed by atoms with E-state index in [-0.39, 0.29) is 10.6 Å². The van der Waals surface area contributed by atoms with Crippen molar-refractivity contribution in [2.24, 2.45) is 0 Å². The van der Waals surface area contributed by atoms with E-state index >= 15 is 0 Å². The quantitative estimate of drug-likeness (QED) is 0.717. The van der Waals surface area contributed by atoms with Crippen LogP contribution in [0.5, 0.6) is 5.75 Å². The van der Waals surface area contributed by atoms with Crippen molar-refractivity contribution in [1.82, 2.24) is 10.0 Å². The molecule has 0 spiro atoms. The molecule has 2 N–H and O–H groups in total. The van der Waals surface area contributed by atoms with Gasteiger partial charge >= 0.3 is 0 Å². The standard InChI is InChI=1S/C13H19ClN2O3S/c1-19-12-9-10(14)3-6-13(12)20(17,18)16-8-2-7-15-11-4-5-11/h3,6,9,11,15-16H,2,4-5,7-8H2,1H3. The summed E-state index contributed by atoms with van der Waals surface area (Å²) in [6.07, 6.45) is 3.22. The number of sulfonamides is 1. The molecule has 1 aliphatic rings. The minimum atomic E-state index is -3.57. The molecule has 0 saturated heterocycles. The second-order valence-corrected chi connectivity index (χ2v) is 6.95. The molecule has 1 aromatic rings. The van der Waals surface area contributed by atoms with Crippen LogP contribution in [0.4, 0.5) is 0 Å². The summed E-state index contributed by atoms with van der Waals surface area (Å²) in [7, 11) is -2.15. The van der Waals surface area contributed by atoms with Crippen LogP contribution in [0.15, 0.2) is 23.1 Å². The van der Waals surface area contributed by atoms with Gasteiger partial charge in [-0.25, -0.2) is 13.1 Å². The van der Waals surface area contributed by atoms with Gasteiger partial charge in [-0.15, -0.1) is 0 Å². The van der Waals surface area contributed by atoms with Crippen LogP contribution in [0.3, 0.4) is 0 Å². The SMILES string of the molecule is COc1cc(Cl)ccc1S(=O)(=O)NCCCNC1CC1. The molecule has 1 fully saturated rings. The third-order valence-corrected chi connectivity index (χ3v) is 4.81. The Balaban J connectivity index is 1.91. The first-order valence-corrected chi connectivity index (χ1v) is 8.45. The van der Waals surface area contributed by atoms with Gasteiger partial charge in [0.25, 0.3) is 0 Å². The second kappa shape index (κ2) is 6.76. The lowest BCUT2D eigenvalue weighted by Gasteiger charge is -2.11. The summed E-state index contributed by atoms with van der Waals surface area (Å²) in [5.74, 6) is 0.251. The van der Waals surface area contributed by atoms with E-state index in [0.29, 0.717) is 17.6 Å². The van der Waals surface area contributed by atoms with Crippen LogP contribution in [-0.2, 0) is 10.0 Å². The van der Waals surface area contributed by atoms with Gasteiger partial charge in [0.15, 0.2) is 0 Å². The third kappa shape index (κ3) is 4.34. The first-order valence-electron chi connectivity index (χ1n) is 6.59. The molecule has 2 rings (SSSR count). The number of halogens is 1. The van der Waals surface area contributed by atoms with E-state index in [1.165, 1.54) is 38.2 Å². The minimum absolute atomic E-state index is 0.111. The Morgan fingerprint density at radius 1 is 1.35 bits per heavy atom. The molecule has 0 unspecified atom stereocenters. The number of nitrogens with one attached hydrogen (secondary N) is 2. The van der Waals surface area contributed by atoms with Crippen molar-refractivity contribution in [3.63, 3.8) is 0 Å². The first kappa shape index (κ1) is 15.6. The average Bonchev–Trinajstić information content (AvgIpc) is 3.21. The van der Waals surface area contributed by atoms with E-state index in [4.69, 9.17) is 16.3 Å². The van der Waals surface area contributed by atoms with Gasteiger partial charge in [-0.1, -0.05) is 11.6 Å². The van der Waals surface area contributed by atoms with E-state index in [2.05, 4.69) is 10.0 Å². The normalized spacial score (nSPS) is 15.3. The molecule has 0 bridgehead atoms. The number of rotatable bonds is 8. The highest BCUT2D eigenvalue weighted by Gasteiger charge is 2.21. The molecule has 0 atom stereocenters. The maximum absolute atomic E-state index is 12.2. The van der Waals surface area contributed by atoms with E-state index < -0.39 is 10.0 Å². The van der Waals surface area contributed by atoms with Crippen LogP contribution in [0.1, 0.15) is 19.3 Å². The highest BCUT2D eigenvalue weighted by atomic mass is 35.5. The summed E-state index contributed by atoms with van der Waals surface area (Å²) in [5.41, 5.74) is 0. The van der Waals surface area contributed by atoms with E-state index in [9.17, 15) is 8.42 Å².